The lowest BCUT2D eigenvalue weighted by Gasteiger charge is -2.18. The molecule has 0 aliphatic heterocycles. The van der Waals surface area contributed by atoms with Gasteiger partial charge in [0.15, 0.2) is 0 Å². The molecule has 2 aromatic carbocycles. The summed E-state index contributed by atoms with van der Waals surface area (Å²) in [4.78, 5) is 0. The van der Waals surface area contributed by atoms with Crippen molar-refractivity contribution in [3.8, 4) is 0 Å². The van der Waals surface area contributed by atoms with E-state index in [1.807, 2.05) is 18.2 Å². The van der Waals surface area contributed by atoms with Crippen molar-refractivity contribution in [2.45, 2.75) is 13.0 Å². The summed E-state index contributed by atoms with van der Waals surface area (Å²) >= 11 is 9.45. The molecule has 0 radical (unpaired) electrons. The van der Waals surface area contributed by atoms with Crippen molar-refractivity contribution in [3.05, 3.63) is 60.5 Å². The molecule has 4 heteroatoms. The first-order valence-electron chi connectivity index (χ1n) is 5.54. The zero-order valence-electron chi connectivity index (χ0n) is 9.75. The smallest absolute Gasteiger partial charge is 0.0633 e. The van der Waals surface area contributed by atoms with Crippen LogP contribution in [0.15, 0.2) is 51.4 Å². The molecule has 18 heavy (non-hydrogen) atoms. The Kier molecular flexibility index (Phi) is 5.09. The minimum atomic E-state index is 0.261. The monoisotopic (exact) mass is 479 g/mol. The van der Waals surface area contributed by atoms with Crippen LogP contribution in [0.2, 0.25) is 0 Å². The Bertz CT molecular complexity index is 520. The van der Waals surface area contributed by atoms with Gasteiger partial charge in [0, 0.05) is 18.6 Å². The largest absolute Gasteiger partial charge is 0.377 e. The normalized spacial score (nSPS) is 12.2. The summed E-state index contributed by atoms with van der Waals surface area (Å²) in [6.07, 6.45) is 0. The van der Waals surface area contributed by atoms with Crippen LogP contribution in [-0.4, -0.2) is 0 Å². The molecule has 1 atom stereocenters. The lowest BCUT2D eigenvalue weighted by molar-refractivity contribution is 0.882. The van der Waals surface area contributed by atoms with Crippen molar-refractivity contribution in [1.29, 1.82) is 0 Å². The van der Waals surface area contributed by atoms with Crippen molar-refractivity contribution in [1.82, 2.24) is 0 Å². The van der Waals surface area contributed by atoms with Gasteiger partial charge in [-0.2, -0.15) is 0 Å². The number of hydrogen-bond acceptors (Lipinski definition) is 1. The number of hydrogen-bond donors (Lipinski definition) is 1. The Morgan fingerprint density at radius 1 is 1.00 bits per heavy atom. The zero-order chi connectivity index (χ0) is 13.1. The van der Waals surface area contributed by atoms with E-state index in [1.54, 1.807) is 0 Å². The topological polar surface area (TPSA) is 12.0 Å². The molecule has 94 valence electrons. The van der Waals surface area contributed by atoms with Gasteiger partial charge in [0.2, 0.25) is 0 Å². The SMILES string of the molecule is CC(Nc1c(Br)cccc1Br)c1ccc(I)cc1. The number of nitrogens with one attached hydrogen (secondary N) is 1. The maximum Gasteiger partial charge on any atom is 0.0633 e. The Balaban J connectivity index is 2.21. The molecule has 2 aromatic rings. The minimum absolute atomic E-state index is 0.261. The predicted octanol–water partition coefficient (Wildman–Crippen LogP) is 5.99. The summed E-state index contributed by atoms with van der Waals surface area (Å²) in [7, 11) is 0. The Morgan fingerprint density at radius 2 is 1.56 bits per heavy atom. The molecular weight excluding hydrogens is 469 g/mol. The molecule has 0 amide bonds. The molecule has 2 rings (SSSR count). The van der Waals surface area contributed by atoms with Gasteiger partial charge in [0.25, 0.3) is 0 Å². The average Bonchev–Trinajstić information content (AvgIpc) is 2.34. The highest BCUT2D eigenvalue weighted by atomic mass is 127. The van der Waals surface area contributed by atoms with Crippen LogP contribution in [0.4, 0.5) is 5.69 Å². The molecule has 1 nitrogen and oxygen atoms in total. The van der Waals surface area contributed by atoms with Gasteiger partial charge in [-0.25, -0.2) is 0 Å². The van der Waals surface area contributed by atoms with Crippen molar-refractivity contribution in [3.63, 3.8) is 0 Å². The summed E-state index contributed by atoms with van der Waals surface area (Å²) in [6.45, 7) is 2.16. The zero-order valence-corrected chi connectivity index (χ0v) is 15.1. The number of anilines is 1. The second-order valence-corrected chi connectivity index (χ2v) is 6.97. The average molecular weight is 481 g/mol. The van der Waals surface area contributed by atoms with Crippen LogP contribution in [0, 0.1) is 3.57 Å². The maximum atomic E-state index is 3.57. The molecule has 1 N–H and O–H groups in total. The fourth-order valence-electron chi connectivity index (χ4n) is 1.69. The molecule has 0 aliphatic rings. The predicted molar refractivity (Wildman–Crippen MR) is 93.0 cm³/mol. The first kappa shape index (κ1) is 14.3. The van der Waals surface area contributed by atoms with Crippen molar-refractivity contribution in [2.75, 3.05) is 5.32 Å². The lowest BCUT2D eigenvalue weighted by Crippen LogP contribution is -2.07. The molecule has 0 bridgehead atoms. The number of para-hydroxylation sites is 1. The van der Waals surface area contributed by atoms with E-state index in [-0.39, 0.29) is 6.04 Å². The van der Waals surface area contributed by atoms with Gasteiger partial charge in [-0.1, -0.05) is 18.2 Å². The second kappa shape index (κ2) is 6.39. The summed E-state index contributed by atoms with van der Waals surface area (Å²) < 4.78 is 3.38. The highest BCUT2D eigenvalue weighted by Crippen LogP contribution is 2.33. The third-order valence-electron chi connectivity index (χ3n) is 2.69. The van der Waals surface area contributed by atoms with Gasteiger partial charge in [-0.15, -0.1) is 0 Å². The van der Waals surface area contributed by atoms with Crippen molar-refractivity contribution < 1.29 is 0 Å². The molecule has 0 spiro atoms. The van der Waals surface area contributed by atoms with Gasteiger partial charge in [0.05, 0.1) is 5.69 Å². The van der Waals surface area contributed by atoms with E-state index in [9.17, 15) is 0 Å². The van der Waals surface area contributed by atoms with E-state index in [0.29, 0.717) is 0 Å². The van der Waals surface area contributed by atoms with Crippen LogP contribution in [0.5, 0.6) is 0 Å². The highest BCUT2D eigenvalue weighted by molar-refractivity contribution is 14.1. The van der Waals surface area contributed by atoms with Gasteiger partial charge in [-0.3, -0.25) is 0 Å². The maximum absolute atomic E-state index is 3.57. The number of benzene rings is 2. The summed E-state index contributed by atoms with van der Waals surface area (Å²) in [6, 6.07) is 14.9. The van der Waals surface area contributed by atoms with Gasteiger partial charge in [-0.05, 0) is 91.2 Å². The molecule has 0 fully saturated rings. The quantitative estimate of drug-likeness (QED) is 0.532. The third kappa shape index (κ3) is 3.48. The summed E-state index contributed by atoms with van der Waals surface area (Å²) in [5.74, 6) is 0. The number of halogens is 3. The van der Waals surface area contributed by atoms with Crippen LogP contribution in [0.25, 0.3) is 0 Å². The highest BCUT2D eigenvalue weighted by Gasteiger charge is 2.09. The Morgan fingerprint density at radius 3 is 2.11 bits per heavy atom. The van der Waals surface area contributed by atoms with E-state index in [0.717, 1.165) is 14.6 Å². The van der Waals surface area contributed by atoms with Gasteiger partial charge >= 0.3 is 0 Å². The van der Waals surface area contributed by atoms with E-state index < -0.39 is 0 Å². The van der Waals surface area contributed by atoms with Crippen LogP contribution in [0.3, 0.4) is 0 Å². The van der Waals surface area contributed by atoms with E-state index in [1.165, 1.54) is 9.13 Å². The second-order valence-electron chi connectivity index (χ2n) is 4.01. The first-order valence-corrected chi connectivity index (χ1v) is 8.20. The molecule has 0 aromatic heterocycles. The van der Waals surface area contributed by atoms with Crippen molar-refractivity contribution >= 4 is 60.1 Å². The fourth-order valence-corrected chi connectivity index (χ4v) is 3.27. The molecule has 0 saturated heterocycles. The van der Waals surface area contributed by atoms with Gasteiger partial charge < -0.3 is 5.32 Å². The standard InChI is InChI=1S/C14H12Br2IN/c1-9(10-5-7-11(17)8-6-10)18-14-12(15)3-2-4-13(14)16/h2-9,18H,1H3. The minimum Gasteiger partial charge on any atom is -0.377 e. The van der Waals surface area contributed by atoms with E-state index in [4.69, 9.17) is 0 Å². The summed E-state index contributed by atoms with van der Waals surface area (Å²) in [5, 5.41) is 3.52. The van der Waals surface area contributed by atoms with E-state index in [2.05, 4.69) is 91.0 Å². The van der Waals surface area contributed by atoms with Crippen LogP contribution < -0.4 is 5.32 Å². The fraction of sp³-hybridized carbons (Fsp3) is 0.143. The molecular formula is C14H12Br2IN. The lowest BCUT2D eigenvalue weighted by atomic mass is 10.1. The van der Waals surface area contributed by atoms with Gasteiger partial charge in [0.1, 0.15) is 0 Å². The molecule has 0 heterocycles. The molecule has 0 aliphatic carbocycles. The van der Waals surface area contributed by atoms with E-state index >= 15 is 0 Å². The first-order chi connectivity index (χ1) is 8.58. The molecule has 0 saturated carbocycles. The summed E-state index contributed by atoms with van der Waals surface area (Å²) in [5.41, 5.74) is 2.36. The third-order valence-corrected chi connectivity index (χ3v) is 4.73. The van der Waals surface area contributed by atoms with Crippen LogP contribution in [0.1, 0.15) is 18.5 Å². The molecule has 1 unspecified atom stereocenters. The van der Waals surface area contributed by atoms with Crippen molar-refractivity contribution in [2.24, 2.45) is 0 Å². The van der Waals surface area contributed by atoms with Crippen LogP contribution >= 0.6 is 54.5 Å². The van der Waals surface area contributed by atoms with Crippen LogP contribution in [-0.2, 0) is 0 Å². The Labute approximate surface area is 138 Å². The Hall–Kier alpha value is -0.0700. The number of rotatable bonds is 3.